The summed E-state index contributed by atoms with van der Waals surface area (Å²) in [5.41, 5.74) is 0. The monoisotopic (exact) mass is 1060 g/mol. The van der Waals surface area contributed by atoms with E-state index in [9.17, 15) is 19.0 Å². The van der Waals surface area contributed by atoms with Gasteiger partial charge in [-0.3, -0.25) is 14.2 Å². The van der Waals surface area contributed by atoms with Gasteiger partial charge in [0.2, 0.25) is 5.91 Å². The second-order valence-corrected chi connectivity index (χ2v) is 24.3. The third kappa shape index (κ3) is 55.0. The summed E-state index contributed by atoms with van der Waals surface area (Å²) in [6.07, 6.45) is 65.4. The lowest BCUT2D eigenvalue weighted by Crippen LogP contribution is -2.47. The van der Waals surface area contributed by atoms with E-state index in [0.717, 1.165) is 70.6 Å². The maximum Gasteiger partial charge on any atom is 0.306 e. The van der Waals surface area contributed by atoms with Crippen molar-refractivity contribution in [3.05, 3.63) is 36.5 Å². The molecule has 0 aromatic carbocycles. The van der Waals surface area contributed by atoms with Crippen molar-refractivity contribution < 1.29 is 37.3 Å². The predicted octanol–water partition coefficient (Wildman–Crippen LogP) is 18.9. The second-order valence-electron chi connectivity index (χ2n) is 22.9. The van der Waals surface area contributed by atoms with Gasteiger partial charge in [0.25, 0.3) is 7.82 Å². The fraction of sp³-hybridized carbons (Fsp3) is 0.875. The van der Waals surface area contributed by atoms with Gasteiger partial charge in [-0.2, -0.15) is 0 Å². The number of phosphoric ester groups is 1. The minimum atomic E-state index is -4.70. The van der Waals surface area contributed by atoms with Gasteiger partial charge in [0, 0.05) is 12.8 Å². The largest absolute Gasteiger partial charge is 0.756 e. The normalized spacial score (nSPS) is 13.9. The summed E-state index contributed by atoms with van der Waals surface area (Å²) in [5.74, 6) is -0.535. The zero-order valence-corrected chi connectivity index (χ0v) is 50.7. The lowest BCUT2D eigenvalue weighted by Gasteiger charge is -2.30. The predicted molar refractivity (Wildman–Crippen MR) is 316 cm³/mol. The van der Waals surface area contributed by atoms with Crippen LogP contribution in [0.25, 0.3) is 0 Å². The number of unbranched alkanes of at least 4 members (excludes halogenated alkanes) is 38. The zero-order chi connectivity index (χ0) is 54.3. The molecular formula is C64H123N2O7P. The van der Waals surface area contributed by atoms with Gasteiger partial charge in [0.15, 0.2) is 0 Å². The van der Waals surface area contributed by atoms with Crippen LogP contribution in [0.2, 0.25) is 0 Å². The molecule has 1 amide bonds. The van der Waals surface area contributed by atoms with Gasteiger partial charge in [0.1, 0.15) is 19.3 Å². The first-order valence-corrected chi connectivity index (χ1v) is 33.3. The van der Waals surface area contributed by atoms with Crippen LogP contribution in [0.5, 0.6) is 0 Å². The molecule has 0 aliphatic rings. The SMILES string of the molecule is CCCCCC/C=C\CCCCCCCCCC(=O)NC(COP(=O)([O-])OCC[N+](C)(C)C)C(/C=C\CCCCCCCCCCCC)OC(=O)CCCCCCCCCCCCC/C=C/CCCCCCCC. The molecule has 10 heteroatoms. The number of hydrogen-bond donors (Lipinski definition) is 1. The number of likely N-dealkylation sites (N-methyl/N-ethyl adjacent to an activating group) is 1. The molecule has 3 atom stereocenters. The average Bonchev–Trinajstić information content (AvgIpc) is 3.36. The fourth-order valence-electron chi connectivity index (χ4n) is 9.34. The Kier molecular flexibility index (Phi) is 53.3. The highest BCUT2D eigenvalue weighted by molar-refractivity contribution is 7.45. The van der Waals surface area contributed by atoms with Crippen molar-refractivity contribution in [3.8, 4) is 0 Å². The van der Waals surface area contributed by atoms with E-state index in [1.807, 2.05) is 33.3 Å². The summed E-state index contributed by atoms with van der Waals surface area (Å²) in [5, 5.41) is 3.03. The summed E-state index contributed by atoms with van der Waals surface area (Å²) < 4.78 is 30.3. The molecule has 0 saturated carbocycles. The molecule has 436 valence electrons. The Bertz CT molecular complexity index is 1360. The van der Waals surface area contributed by atoms with E-state index < -0.39 is 20.0 Å². The lowest BCUT2D eigenvalue weighted by molar-refractivity contribution is -0.870. The number of nitrogens with one attached hydrogen (secondary N) is 1. The number of esters is 1. The Hall–Kier alpha value is -1.77. The molecule has 1 N–H and O–H groups in total. The van der Waals surface area contributed by atoms with E-state index in [1.165, 1.54) is 205 Å². The highest BCUT2D eigenvalue weighted by atomic mass is 31.2. The van der Waals surface area contributed by atoms with E-state index in [4.69, 9.17) is 13.8 Å². The number of phosphoric acid groups is 1. The Balaban J connectivity index is 5.19. The summed E-state index contributed by atoms with van der Waals surface area (Å²) in [6, 6.07) is -0.887. The number of amides is 1. The van der Waals surface area contributed by atoms with E-state index in [1.54, 1.807) is 0 Å². The van der Waals surface area contributed by atoms with Crippen LogP contribution in [0.1, 0.15) is 310 Å². The van der Waals surface area contributed by atoms with Gasteiger partial charge < -0.3 is 28.5 Å². The van der Waals surface area contributed by atoms with Gasteiger partial charge in [-0.25, -0.2) is 0 Å². The van der Waals surface area contributed by atoms with Crippen LogP contribution in [0.4, 0.5) is 0 Å². The van der Waals surface area contributed by atoms with Crippen molar-refractivity contribution in [2.24, 2.45) is 0 Å². The van der Waals surface area contributed by atoms with Crippen LogP contribution in [-0.4, -0.2) is 69.4 Å². The molecule has 0 radical (unpaired) electrons. The standard InChI is InChI=1S/C64H123N2O7P/c1-7-10-13-16-19-22-25-28-30-31-32-33-34-35-37-39-42-45-48-51-54-57-64(68)73-62(55-52-49-46-43-40-27-24-21-18-15-12-9-3)61(60-72-74(69,70)71-59-58-66(4,5)6)65-63(67)56-53-50-47-44-41-38-36-29-26-23-20-17-14-11-8-2/h23,26,28,30,52,55,61-62H,7-22,24-25,27,29,31-51,53-54,56-60H2,1-6H3,(H-,65,67,69,70)/b26-23-,30-28+,55-52-. The van der Waals surface area contributed by atoms with E-state index in [-0.39, 0.29) is 31.5 Å². The molecule has 0 rings (SSSR count). The number of quaternary nitrogens is 1. The topological polar surface area (TPSA) is 114 Å². The van der Waals surface area contributed by atoms with Crippen LogP contribution in [0.15, 0.2) is 36.5 Å². The maximum absolute atomic E-state index is 13.5. The first-order valence-electron chi connectivity index (χ1n) is 31.8. The molecule has 0 saturated heterocycles. The molecule has 0 heterocycles. The number of ether oxygens (including phenoxy) is 1. The van der Waals surface area contributed by atoms with Crippen LogP contribution in [0, 0.1) is 0 Å². The molecule has 0 bridgehead atoms. The minimum Gasteiger partial charge on any atom is -0.756 e. The molecule has 0 aromatic rings. The molecule has 74 heavy (non-hydrogen) atoms. The van der Waals surface area contributed by atoms with E-state index in [0.29, 0.717) is 17.4 Å². The molecule has 0 aliphatic carbocycles. The number of rotatable bonds is 58. The number of hydrogen-bond acceptors (Lipinski definition) is 7. The molecule has 0 fully saturated rings. The third-order valence-corrected chi connectivity index (χ3v) is 15.3. The lowest BCUT2D eigenvalue weighted by atomic mass is 10.0. The molecule has 9 nitrogen and oxygen atoms in total. The third-order valence-electron chi connectivity index (χ3n) is 14.3. The Morgan fingerprint density at radius 2 is 0.784 bits per heavy atom. The van der Waals surface area contributed by atoms with Gasteiger partial charge >= 0.3 is 5.97 Å². The molecule has 3 unspecified atom stereocenters. The van der Waals surface area contributed by atoms with E-state index in [2.05, 4.69) is 50.4 Å². The number of carbonyl (C=O) groups is 2. The average molecular weight is 1060 g/mol. The summed E-state index contributed by atoms with van der Waals surface area (Å²) >= 11 is 0. The minimum absolute atomic E-state index is 0.0214. The van der Waals surface area contributed by atoms with E-state index >= 15 is 0 Å². The number of allylic oxidation sites excluding steroid dienone is 5. The molecule has 0 aromatic heterocycles. The first-order chi connectivity index (χ1) is 35.9. The Morgan fingerprint density at radius 3 is 1.16 bits per heavy atom. The van der Waals surface area contributed by atoms with Gasteiger partial charge in [-0.1, -0.05) is 250 Å². The van der Waals surface area contributed by atoms with Crippen LogP contribution in [-0.2, 0) is 27.9 Å². The zero-order valence-electron chi connectivity index (χ0n) is 49.8. The van der Waals surface area contributed by atoms with Crippen LogP contribution < -0.4 is 10.2 Å². The molecule has 0 spiro atoms. The second kappa shape index (κ2) is 54.6. The summed E-state index contributed by atoms with van der Waals surface area (Å²) in [4.78, 5) is 40.0. The molecule has 0 aliphatic heterocycles. The van der Waals surface area contributed by atoms with Crippen molar-refractivity contribution in [1.29, 1.82) is 0 Å². The molecular weight excluding hydrogens is 940 g/mol. The smallest absolute Gasteiger partial charge is 0.306 e. The van der Waals surface area contributed by atoms with Crippen molar-refractivity contribution in [1.82, 2.24) is 5.32 Å². The number of nitrogens with zero attached hydrogens (tertiary/aromatic N) is 1. The highest BCUT2D eigenvalue weighted by Gasteiger charge is 2.27. The Labute approximate surface area is 459 Å². The number of carbonyl (C=O) groups excluding carboxylic acids is 2. The summed E-state index contributed by atoms with van der Waals surface area (Å²) in [6.45, 7) is 6.85. The fourth-order valence-corrected chi connectivity index (χ4v) is 10.1. The van der Waals surface area contributed by atoms with Crippen molar-refractivity contribution in [2.45, 2.75) is 322 Å². The summed E-state index contributed by atoms with van der Waals surface area (Å²) in [7, 11) is 1.19. The first kappa shape index (κ1) is 72.2. The highest BCUT2D eigenvalue weighted by Crippen LogP contribution is 2.38. The van der Waals surface area contributed by atoms with Gasteiger partial charge in [-0.15, -0.1) is 0 Å². The van der Waals surface area contributed by atoms with Crippen molar-refractivity contribution >= 4 is 19.7 Å². The Morgan fingerprint density at radius 1 is 0.459 bits per heavy atom. The van der Waals surface area contributed by atoms with Crippen LogP contribution >= 0.6 is 7.82 Å². The van der Waals surface area contributed by atoms with Crippen LogP contribution in [0.3, 0.4) is 0 Å². The van der Waals surface area contributed by atoms with Gasteiger partial charge in [0.05, 0.1) is 33.8 Å². The van der Waals surface area contributed by atoms with Crippen molar-refractivity contribution in [2.75, 3.05) is 40.9 Å². The quantitative estimate of drug-likeness (QED) is 0.0212. The van der Waals surface area contributed by atoms with Crippen molar-refractivity contribution in [3.63, 3.8) is 0 Å². The van der Waals surface area contributed by atoms with Gasteiger partial charge in [-0.05, 0) is 83.1 Å². The maximum atomic E-state index is 13.5.